The topological polar surface area (TPSA) is 96.5 Å². The van der Waals surface area contributed by atoms with E-state index in [0.29, 0.717) is 26.1 Å². The Hall–Kier alpha value is -3.35. The zero-order chi connectivity index (χ0) is 24.4. The van der Waals surface area contributed by atoms with E-state index in [2.05, 4.69) is 22.5 Å². The largest absolute Gasteiger partial charge is 0.445 e. The van der Waals surface area contributed by atoms with Gasteiger partial charge in [0.05, 0.1) is 0 Å². The van der Waals surface area contributed by atoms with Gasteiger partial charge in [-0.25, -0.2) is 4.79 Å². The second-order valence-corrected chi connectivity index (χ2v) is 6.71. The second-order valence-electron chi connectivity index (χ2n) is 6.71. The summed E-state index contributed by atoms with van der Waals surface area (Å²) in [7, 11) is 0. The standard InChI is InChI=1S/C23H31N3O4.C2H6/c1-5-7-19(8-6-2)16-30-23(29)24-10-9-20-11-21(14-25-17(3)27)13-22(12-20)15-26-18(4)28;1-2/h5-8,11-13H,1,9-10,14-16H2,2-4H3,(H,24,29)(H,25,27)(H,26,28);1-2H3/b8-6-,19-7+;. The Bertz CT molecular complexity index is 777. The van der Waals surface area contributed by atoms with Gasteiger partial charge in [0.2, 0.25) is 11.8 Å². The lowest BCUT2D eigenvalue weighted by molar-refractivity contribution is -0.119. The summed E-state index contributed by atoms with van der Waals surface area (Å²) in [6, 6.07) is 5.88. The molecule has 0 aromatic heterocycles. The Morgan fingerprint density at radius 1 is 0.938 bits per heavy atom. The molecule has 0 atom stereocenters. The summed E-state index contributed by atoms with van der Waals surface area (Å²) in [5.74, 6) is -0.230. The predicted octanol–water partition coefficient (Wildman–Crippen LogP) is 3.94. The maximum absolute atomic E-state index is 11.9. The van der Waals surface area contributed by atoms with Crippen LogP contribution in [0.3, 0.4) is 0 Å². The van der Waals surface area contributed by atoms with Gasteiger partial charge in [0.15, 0.2) is 0 Å². The molecular weight excluding hydrogens is 406 g/mol. The van der Waals surface area contributed by atoms with Crippen LogP contribution in [0.15, 0.2) is 54.7 Å². The maximum Gasteiger partial charge on any atom is 0.407 e. The Morgan fingerprint density at radius 2 is 1.47 bits per heavy atom. The van der Waals surface area contributed by atoms with E-state index in [9.17, 15) is 14.4 Å². The van der Waals surface area contributed by atoms with E-state index < -0.39 is 6.09 Å². The van der Waals surface area contributed by atoms with Gasteiger partial charge in [-0.3, -0.25) is 9.59 Å². The van der Waals surface area contributed by atoms with E-state index in [1.54, 1.807) is 12.2 Å². The first-order valence-corrected chi connectivity index (χ1v) is 10.8. The zero-order valence-corrected chi connectivity index (χ0v) is 19.9. The molecule has 0 saturated carbocycles. The third kappa shape index (κ3) is 13.8. The fourth-order valence-corrected chi connectivity index (χ4v) is 2.67. The monoisotopic (exact) mass is 443 g/mol. The average Bonchev–Trinajstić information content (AvgIpc) is 2.76. The fraction of sp³-hybridized carbons (Fsp3) is 0.400. The molecule has 32 heavy (non-hydrogen) atoms. The average molecular weight is 444 g/mol. The second kappa shape index (κ2) is 17.3. The van der Waals surface area contributed by atoms with Crippen molar-refractivity contribution in [2.45, 2.75) is 54.1 Å². The number of ether oxygens (including phenoxy) is 1. The van der Waals surface area contributed by atoms with Crippen LogP contribution in [0, 0.1) is 0 Å². The van der Waals surface area contributed by atoms with Gasteiger partial charge >= 0.3 is 6.09 Å². The molecule has 176 valence electrons. The Morgan fingerprint density at radius 3 is 1.94 bits per heavy atom. The summed E-state index contributed by atoms with van der Waals surface area (Å²) in [5, 5.41) is 8.27. The number of allylic oxidation sites excluding steroid dienone is 3. The van der Waals surface area contributed by atoms with Crippen molar-refractivity contribution in [3.05, 3.63) is 71.3 Å². The van der Waals surface area contributed by atoms with Crippen molar-refractivity contribution in [3.8, 4) is 0 Å². The quantitative estimate of drug-likeness (QED) is 0.451. The molecule has 0 unspecified atom stereocenters. The van der Waals surface area contributed by atoms with Crippen LogP contribution in [0.4, 0.5) is 4.79 Å². The molecule has 0 bridgehead atoms. The van der Waals surface area contributed by atoms with Gasteiger partial charge in [-0.1, -0.05) is 62.9 Å². The Balaban J connectivity index is 0.00000466. The summed E-state index contributed by atoms with van der Waals surface area (Å²) in [6.45, 7) is 13.8. The molecule has 0 heterocycles. The molecule has 0 saturated heterocycles. The highest BCUT2D eigenvalue weighted by Crippen LogP contribution is 2.12. The molecule has 1 aromatic carbocycles. The van der Waals surface area contributed by atoms with Crippen LogP contribution in [0.1, 0.15) is 51.3 Å². The van der Waals surface area contributed by atoms with Gasteiger partial charge in [-0.2, -0.15) is 0 Å². The molecule has 7 nitrogen and oxygen atoms in total. The molecule has 0 aliphatic carbocycles. The van der Waals surface area contributed by atoms with E-state index in [1.165, 1.54) is 13.8 Å². The number of benzene rings is 1. The summed E-state index contributed by atoms with van der Waals surface area (Å²) in [5.41, 5.74) is 3.68. The third-order valence-corrected chi connectivity index (χ3v) is 3.96. The van der Waals surface area contributed by atoms with Gasteiger partial charge in [0, 0.05) is 33.5 Å². The first-order chi connectivity index (χ1) is 15.3. The molecule has 7 heteroatoms. The minimum atomic E-state index is -0.498. The van der Waals surface area contributed by atoms with E-state index in [1.807, 2.05) is 51.1 Å². The lowest BCUT2D eigenvalue weighted by Gasteiger charge is -2.12. The molecule has 0 aliphatic rings. The molecule has 0 radical (unpaired) electrons. The SMILES string of the molecule is C=C/C=C(\C=C/C)COC(=O)NCCc1cc(CNC(C)=O)cc(CNC(C)=O)c1.CC. The van der Waals surface area contributed by atoms with Crippen molar-refractivity contribution in [3.63, 3.8) is 0 Å². The fourth-order valence-electron chi connectivity index (χ4n) is 2.67. The van der Waals surface area contributed by atoms with Crippen molar-refractivity contribution in [1.29, 1.82) is 0 Å². The normalized spacial score (nSPS) is 10.6. The van der Waals surface area contributed by atoms with Crippen LogP contribution < -0.4 is 16.0 Å². The van der Waals surface area contributed by atoms with Gasteiger partial charge in [-0.05, 0) is 35.6 Å². The number of rotatable bonds is 11. The maximum atomic E-state index is 11.9. The minimum Gasteiger partial charge on any atom is -0.445 e. The summed E-state index contributed by atoms with van der Waals surface area (Å²) in [4.78, 5) is 34.3. The molecular formula is C25H37N3O4. The van der Waals surface area contributed by atoms with Crippen molar-refractivity contribution in [2.24, 2.45) is 0 Å². The summed E-state index contributed by atoms with van der Waals surface area (Å²) < 4.78 is 5.21. The molecule has 0 fully saturated rings. The number of amides is 3. The van der Waals surface area contributed by atoms with Crippen LogP contribution in [0.25, 0.3) is 0 Å². The molecule has 3 N–H and O–H groups in total. The van der Waals surface area contributed by atoms with Crippen molar-refractivity contribution in [2.75, 3.05) is 13.2 Å². The van der Waals surface area contributed by atoms with Gasteiger partial charge in [0.1, 0.15) is 6.61 Å². The first-order valence-electron chi connectivity index (χ1n) is 10.8. The van der Waals surface area contributed by atoms with Crippen LogP contribution >= 0.6 is 0 Å². The van der Waals surface area contributed by atoms with Crippen LogP contribution in [-0.4, -0.2) is 31.1 Å². The Kier molecular flexibility index (Phi) is 15.5. The summed E-state index contributed by atoms with van der Waals surface area (Å²) in [6.07, 6.45) is 7.23. The number of carbonyl (C=O) groups excluding carboxylic acids is 3. The lowest BCUT2D eigenvalue weighted by atomic mass is 10.0. The number of hydrogen-bond donors (Lipinski definition) is 3. The van der Waals surface area contributed by atoms with Crippen LogP contribution in [0.2, 0.25) is 0 Å². The smallest absolute Gasteiger partial charge is 0.407 e. The number of nitrogens with one attached hydrogen (secondary N) is 3. The lowest BCUT2D eigenvalue weighted by Crippen LogP contribution is -2.27. The highest BCUT2D eigenvalue weighted by Gasteiger charge is 2.06. The highest BCUT2D eigenvalue weighted by molar-refractivity contribution is 5.73. The highest BCUT2D eigenvalue weighted by atomic mass is 16.5. The molecule has 1 rings (SSSR count). The predicted molar refractivity (Wildman–Crippen MR) is 129 cm³/mol. The van der Waals surface area contributed by atoms with Crippen molar-refractivity contribution in [1.82, 2.24) is 16.0 Å². The van der Waals surface area contributed by atoms with Crippen molar-refractivity contribution < 1.29 is 19.1 Å². The van der Waals surface area contributed by atoms with Crippen LogP contribution in [-0.2, 0) is 33.8 Å². The number of carbonyl (C=O) groups is 3. The van der Waals surface area contributed by atoms with Gasteiger partial charge in [0.25, 0.3) is 0 Å². The molecule has 3 amide bonds. The Labute approximate surface area is 192 Å². The minimum absolute atomic E-state index is 0.115. The number of alkyl carbamates (subject to hydrolysis) is 1. The van der Waals surface area contributed by atoms with E-state index in [4.69, 9.17) is 4.74 Å². The molecule has 0 spiro atoms. The van der Waals surface area contributed by atoms with Crippen molar-refractivity contribution >= 4 is 17.9 Å². The van der Waals surface area contributed by atoms with E-state index >= 15 is 0 Å². The number of hydrogen-bond acceptors (Lipinski definition) is 4. The van der Waals surface area contributed by atoms with E-state index in [-0.39, 0.29) is 18.4 Å². The summed E-state index contributed by atoms with van der Waals surface area (Å²) >= 11 is 0. The molecule has 0 aliphatic heterocycles. The van der Waals surface area contributed by atoms with Crippen LogP contribution in [0.5, 0.6) is 0 Å². The van der Waals surface area contributed by atoms with Gasteiger partial charge < -0.3 is 20.7 Å². The zero-order valence-electron chi connectivity index (χ0n) is 19.9. The third-order valence-electron chi connectivity index (χ3n) is 3.96. The van der Waals surface area contributed by atoms with E-state index in [0.717, 1.165) is 22.3 Å². The van der Waals surface area contributed by atoms with Gasteiger partial charge in [-0.15, -0.1) is 0 Å². The first kappa shape index (κ1) is 28.6. The molecule has 1 aromatic rings.